The highest BCUT2D eigenvalue weighted by molar-refractivity contribution is 5.98. The van der Waals surface area contributed by atoms with E-state index < -0.39 is 5.92 Å². The topological polar surface area (TPSA) is 89.3 Å². The molecule has 5 rings (SSSR count). The van der Waals surface area contributed by atoms with Gasteiger partial charge in [-0.25, -0.2) is 9.97 Å². The molecule has 2 aliphatic heterocycles. The fraction of sp³-hybridized carbons (Fsp3) is 0.409. The summed E-state index contributed by atoms with van der Waals surface area (Å²) in [4.78, 5) is 26.8. The predicted molar refractivity (Wildman–Crippen MR) is 115 cm³/mol. The van der Waals surface area contributed by atoms with Gasteiger partial charge in [-0.2, -0.15) is 23.8 Å². The molecule has 172 valence electrons. The van der Waals surface area contributed by atoms with Crippen molar-refractivity contribution >= 4 is 11.9 Å². The Kier molecular flexibility index (Phi) is 5.18. The van der Waals surface area contributed by atoms with Crippen LogP contribution < -0.4 is 9.64 Å². The number of carbonyl (C=O) groups excluding carboxylic acids is 1. The lowest BCUT2D eigenvalue weighted by atomic mass is 9.81. The van der Waals surface area contributed by atoms with Gasteiger partial charge in [-0.15, -0.1) is 0 Å². The number of fused-ring (bicyclic) bond motifs is 1. The number of carbonyl (C=O) groups is 1. The van der Waals surface area contributed by atoms with Crippen LogP contribution in [0, 0.1) is 5.92 Å². The molecule has 2 saturated heterocycles. The molecule has 0 N–H and O–H groups in total. The van der Waals surface area contributed by atoms with Crippen LogP contribution in [-0.2, 0) is 5.92 Å². The molecule has 0 bridgehead atoms. The molecule has 2 unspecified atom stereocenters. The van der Waals surface area contributed by atoms with E-state index in [4.69, 9.17) is 4.74 Å². The van der Waals surface area contributed by atoms with Crippen molar-refractivity contribution in [3.63, 3.8) is 0 Å². The minimum absolute atomic E-state index is 0.0545. The number of benzene rings is 1. The standard InChI is InChI=1S/C22H23F2N7O2/c1-22(23,24)19-5-7-25-21(28-19)29-10-6-14-12-30(18(14)13-29)20(32)16-4-3-15(33-2)11-17(16)31-26-8-9-27-31/h3-5,7-9,11,14,18H,6,10,12-13H2,1-2H3. The van der Waals surface area contributed by atoms with Crippen molar-refractivity contribution in [2.75, 3.05) is 31.6 Å². The lowest BCUT2D eigenvalue weighted by molar-refractivity contribution is 0.00727. The fourth-order valence-corrected chi connectivity index (χ4v) is 4.44. The zero-order chi connectivity index (χ0) is 23.2. The van der Waals surface area contributed by atoms with Crippen molar-refractivity contribution in [2.24, 2.45) is 5.92 Å². The third-order valence-electron chi connectivity index (χ3n) is 6.26. The molecule has 2 atom stereocenters. The van der Waals surface area contributed by atoms with Gasteiger partial charge in [-0.05, 0) is 24.6 Å². The summed E-state index contributed by atoms with van der Waals surface area (Å²) >= 11 is 0. The number of methoxy groups -OCH3 is 1. The van der Waals surface area contributed by atoms with Crippen LogP contribution in [-0.4, -0.2) is 68.6 Å². The van der Waals surface area contributed by atoms with Crippen LogP contribution in [0.4, 0.5) is 14.7 Å². The Labute approximate surface area is 189 Å². The third kappa shape index (κ3) is 3.87. The van der Waals surface area contributed by atoms with Crippen LogP contribution in [0.25, 0.3) is 5.69 Å². The minimum atomic E-state index is -3.04. The molecule has 2 aromatic heterocycles. The van der Waals surface area contributed by atoms with Crippen molar-refractivity contribution in [3.8, 4) is 11.4 Å². The fourth-order valence-electron chi connectivity index (χ4n) is 4.44. The maximum atomic E-state index is 13.7. The molecule has 2 aliphatic rings. The monoisotopic (exact) mass is 455 g/mol. The molecule has 2 fully saturated rings. The summed E-state index contributed by atoms with van der Waals surface area (Å²) in [5, 5.41) is 8.33. The van der Waals surface area contributed by atoms with Crippen molar-refractivity contribution in [1.29, 1.82) is 0 Å². The Balaban J connectivity index is 1.38. The Hall–Kier alpha value is -3.63. The molecule has 4 heterocycles. The zero-order valence-corrected chi connectivity index (χ0v) is 18.2. The number of amides is 1. The molecule has 3 aromatic rings. The number of nitrogens with zero attached hydrogens (tertiary/aromatic N) is 7. The largest absolute Gasteiger partial charge is 0.497 e. The summed E-state index contributed by atoms with van der Waals surface area (Å²) in [6, 6.07) is 6.34. The van der Waals surface area contributed by atoms with E-state index in [2.05, 4.69) is 20.2 Å². The number of hydrogen-bond acceptors (Lipinski definition) is 7. The van der Waals surface area contributed by atoms with Crippen molar-refractivity contribution in [1.82, 2.24) is 29.9 Å². The number of likely N-dealkylation sites (tertiary alicyclic amines) is 1. The van der Waals surface area contributed by atoms with Gasteiger partial charge >= 0.3 is 0 Å². The summed E-state index contributed by atoms with van der Waals surface area (Å²) < 4.78 is 32.8. The van der Waals surface area contributed by atoms with Crippen molar-refractivity contribution in [2.45, 2.75) is 25.3 Å². The Morgan fingerprint density at radius 1 is 1.15 bits per heavy atom. The highest BCUT2D eigenvalue weighted by atomic mass is 19.3. The minimum Gasteiger partial charge on any atom is -0.497 e. The van der Waals surface area contributed by atoms with Gasteiger partial charge in [0.1, 0.15) is 17.1 Å². The molecule has 1 amide bonds. The first-order valence-corrected chi connectivity index (χ1v) is 10.7. The number of piperidine rings is 1. The van der Waals surface area contributed by atoms with Crippen LogP contribution >= 0.6 is 0 Å². The van der Waals surface area contributed by atoms with Gasteiger partial charge in [0, 0.05) is 44.7 Å². The average molecular weight is 455 g/mol. The summed E-state index contributed by atoms with van der Waals surface area (Å²) in [6.07, 6.45) is 5.27. The zero-order valence-electron chi connectivity index (χ0n) is 18.2. The van der Waals surface area contributed by atoms with Crippen molar-refractivity contribution in [3.05, 3.63) is 54.1 Å². The van der Waals surface area contributed by atoms with Gasteiger partial charge in [-0.3, -0.25) is 4.79 Å². The van der Waals surface area contributed by atoms with Crippen LogP contribution in [0.1, 0.15) is 29.4 Å². The Morgan fingerprint density at radius 2 is 1.94 bits per heavy atom. The normalized spacial score (nSPS) is 20.2. The first kappa shape index (κ1) is 21.2. The smallest absolute Gasteiger partial charge is 0.287 e. The van der Waals surface area contributed by atoms with Gasteiger partial charge in [0.2, 0.25) is 5.95 Å². The molecular formula is C22H23F2N7O2. The summed E-state index contributed by atoms with van der Waals surface area (Å²) in [5.74, 6) is -1.97. The van der Waals surface area contributed by atoms with Gasteiger partial charge in [-0.1, -0.05) is 0 Å². The molecule has 0 aliphatic carbocycles. The molecule has 0 radical (unpaired) electrons. The van der Waals surface area contributed by atoms with Gasteiger partial charge in [0.05, 0.1) is 31.1 Å². The van der Waals surface area contributed by atoms with E-state index in [0.717, 1.165) is 13.3 Å². The number of aromatic nitrogens is 5. The van der Waals surface area contributed by atoms with E-state index in [0.29, 0.717) is 42.6 Å². The van der Waals surface area contributed by atoms with E-state index in [1.807, 2.05) is 9.80 Å². The number of hydrogen-bond donors (Lipinski definition) is 0. The predicted octanol–water partition coefficient (Wildman–Crippen LogP) is 2.53. The second-order valence-corrected chi connectivity index (χ2v) is 8.35. The average Bonchev–Trinajstić information content (AvgIpc) is 3.34. The third-order valence-corrected chi connectivity index (χ3v) is 6.26. The molecular weight excluding hydrogens is 432 g/mol. The SMILES string of the molecule is COc1ccc(C(=O)N2CC3CCN(c4nccc(C(C)(F)F)n4)CC32)c(-n2nccn2)c1. The van der Waals surface area contributed by atoms with E-state index in [1.54, 1.807) is 37.7 Å². The summed E-state index contributed by atoms with van der Waals surface area (Å²) in [7, 11) is 1.55. The summed E-state index contributed by atoms with van der Waals surface area (Å²) in [5.41, 5.74) is 0.680. The maximum absolute atomic E-state index is 13.7. The summed E-state index contributed by atoms with van der Waals surface area (Å²) in [6.45, 7) is 2.61. The van der Waals surface area contributed by atoms with Crippen molar-refractivity contribution < 1.29 is 18.3 Å². The molecule has 9 nitrogen and oxygen atoms in total. The highest BCUT2D eigenvalue weighted by Crippen LogP contribution is 2.36. The number of ether oxygens (including phenoxy) is 1. The number of alkyl halides is 2. The van der Waals surface area contributed by atoms with Crippen LogP contribution in [0.3, 0.4) is 0 Å². The quantitative estimate of drug-likeness (QED) is 0.584. The molecule has 1 aromatic carbocycles. The highest BCUT2D eigenvalue weighted by Gasteiger charge is 2.46. The van der Waals surface area contributed by atoms with Gasteiger partial charge in [0.25, 0.3) is 11.8 Å². The van der Waals surface area contributed by atoms with E-state index >= 15 is 0 Å². The number of anilines is 1. The molecule has 11 heteroatoms. The Morgan fingerprint density at radius 3 is 2.67 bits per heavy atom. The van der Waals surface area contributed by atoms with E-state index in [9.17, 15) is 13.6 Å². The second kappa shape index (κ2) is 8.05. The van der Waals surface area contributed by atoms with Gasteiger partial charge < -0.3 is 14.5 Å². The molecule has 0 saturated carbocycles. The van der Waals surface area contributed by atoms with Crippen LogP contribution in [0.15, 0.2) is 42.9 Å². The van der Waals surface area contributed by atoms with E-state index in [-0.39, 0.29) is 23.6 Å². The maximum Gasteiger partial charge on any atom is 0.287 e. The first-order valence-electron chi connectivity index (χ1n) is 10.7. The molecule has 33 heavy (non-hydrogen) atoms. The number of halogens is 2. The lowest BCUT2D eigenvalue weighted by Crippen LogP contribution is -2.66. The first-order chi connectivity index (χ1) is 15.8. The van der Waals surface area contributed by atoms with E-state index in [1.165, 1.54) is 17.1 Å². The molecule has 0 spiro atoms. The van der Waals surface area contributed by atoms with Crippen LogP contribution in [0.5, 0.6) is 5.75 Å². The lowest BCUT2D eigenvalue weighted by Gasteiger charge is -2.53. The second-order valence-electron chi connectivity index (χ2n) is 8.35. The van der Waals surface area contributed by atoms with Crippen LogP contribution in [0.2, 0.25) is 0 Å². The number of rotatable bonds is 5. The Bertz CT molecular complexity index is 1170. The van der Waals surface area contributed by atoms with Gasteiger partial charge in [0.15, 0.2) is 0 Å².